The maximum Gasteiger partial charge on any atom is 0.0861 e. The second-order valence-electron chi connectivity index (χ2n) is 4.42. The fourth-order valence-electron chi connectivity index (χ4n) is 1.84. The number of hydrazone groups is 1. The zero-order valence-corrected chi connectivity index (χ0v) is 13.7. The van der Waals surface area contributed by atoms with E-state index in [0.717, 1.165) is 21.8 Å². The largest absolute Gasteiger partial charge is 0.276 e. The van der Waals surface area contributed by atoms with Gasteiger partial charge in [0.25, 0.3) is 0 Å². The van der Waals surface area contributed by atoms with Crippen LogP contribution >= 0.6 is 34.5 Å². The summed E-state index contributed by atoms with van der Waals surface area (Å²) in [6.45, 7) is 0. The van der Waals surface area contributed by atoms with Crippen LogP contribution in [0.1, 0.15) is 5.69 Å². The highest BCUT2D eigenvalue weighted by Gasteiger charge is 2.11. The Morgan fingerprint density at radius 1 is 1.09 bits per heavy atom. The predicted molar refractivity (Wildman–Crippen MR) is 95.2 cm³/mol. The Morgan fingerprint density at radius 3 is 2.64 bits per heavy atom. The lowest BCUT2D eigenvalue weighted by molar-refractivity contribution is 1.28. The van der Waals surface area contributed by atoms with Crippen molar-refractivity contribution in [3.05, 3.63) is 69.8 Å². The number of hydrogen-bond donors (Lipinski definition) is 1. The van der Waals surface area contributed by atoms with Crippen molar-refractivity contribution in [3.8, 4) is 10.4 Å². The standard InChI is InChI=1S/C16H11Cl2N3S/c17-12-6-4-11(5-7-12)16-15(18)14(10-22-16)21-20-9-13-3-1-2-8-19-13/h1-10,21H/b20-9-. The van der Waals surface area contributed by atoms with Crippen molar-refractivity contribution < 1.29 is 0 Å². The third kappa shape index (κ3) is 3.47. The van der Waals surface area contributed by atoms with Gasteiger partial charge in [-0.15, -0.1) is 11.3 Å². The minimum atomic E-state index is 0.644. The molecule has 3 aromatic rings. The normalized spacial score (nSPS) is 11.0. The van der Waals surface area contributed by atoms with Gasteiger partial charge in [-0.3, -0.25) is 10.4 Å². The van der Waals surface area contributed by atoms with Gasteiger partial charge >= 0.3 is 0 Å². The van der Waals surface area contributed by atoms with Crippen molar-refractivity contribution in [1.29, 1.82) is 0 Å². The number of rotatable bonds is 4. The molecule has 0 aliphatic heterocycles. The molecule has 0 saturated heterocycles. The summed E-state index contributed by atoms with van der Waals surface area (Å²) >= 11 is 13.9. The first-order valence-electron chi connectivity index (χ1n) is 6.47. The number of hydrogen-bond acceptors (Lipinski definition) is 4. The predicted octanol–water partition coefficient (Wildman–Crippen LogP) is 5.56. The zero-order chi connectivity index (χ0) is 15.4. The van der Waals surface area contributed by atoms with E-state index in [4.69, 9.17) is 23.2 Å². The maximum atomic E-state index is 6.41. The summed E-state index contributed by atoms with van der Waals surface area (Å²) in [5, 5.41) is 7.44. The third-order valence-electron chi connectivity index (χ3n) is 2.91. The topological polar surface area (TPSA) is 37.3 Å². The van der Waals surface area contributed by atoms with E-state index in [1.54, 1.807) is 23.7 Å². The van der Waals surface area contributed by atoms with Crippen LogP contribution in [0.25, 0.3) is 10.4 Å². The van der Waals surface area contributed by atoms with E-state index in [-0.39, 0.29) is 0 Å². The van der Waals surface area contributed by atoms with Crippen LogP contribution in [0.3, 0.4) is 0 Å². The second kappa shape index (κ2) is 6.92. The molecule has 3 nitrogen and oxygen atoms in total. The van der Waals surface area contributed by atoms with E-state index in [9.17, 15) is 0 Å². The van der Waals surface area contributed by atoms with Crippen molar-refractivity contribution in [3.63, 3.8) is 0 Å². The van der Waals surface area contributed by atoms with Gasteiger partial charge in [-0.25, -0.2) is 0 Å². The molecule has 0 aliphatic rings. The fraction of sp³-hybridized carbons (Fsp3) is 0. The molecule has 0 atom stereocenters. The average Bonchev–Trinajstić information content (AvgIpc) is 2.90. The molecule has 0 radical (unpaired) electrons. The van der Waals surface area contributed by atoms with Gasteiger partial charge in [-0.05, 0) is 29.8 Å². The molecule has 0 unspecified atom stereocenters. The minimum Gasteiger partial charge on any atom is -0.276 e. The van der Waals surface area contributed by atoms with E-state index in [1.165, 1.54) is 0 Å². The van der Waals surface area contributed by atoms with E-state index >= 15 is 0 Å². The van der Waals surface area contributed by atoms with Crippen LogP contribution < -0.4 is 5.43 Å². The van der Waals surface area contributed by atoms with Crippen LogP contribution in [-0.2, 0) is 0 Å². The van der Waals surface area contributed by atoms with Gasteiger partial charge in [0.15, 0.2) is 0 Å². The molecule has 0 saturated carbocycles. The van der Waals surface area contributed by atoms with Gasteiger partial charge in [0.1, 0.15) is 0 Å². The van der Waals surface area contributed by atoms with Crippen LogP contribution in [0, 0.1) is 0 Å². The Balaban J connectivity index is 1.76. The summed E-state index contributed by atoms with van der Waals surface area (Å²) in [7, 11) is 0. The first-order valence-corrected chi connectivity index (χ1v) is 8.10. The minimum absolute atomic E-state index is 0.644. The number of nitrogens with one attached hydrogen (secondary N) is 1. The van der Waals surface area contributed by atoms with Crippen LogP contribution in [-0.4, -0.2) is 11.2 Å². The first-order chi connectivity index (χ1) is 10.7. The Kier molecular flexibility index (Phi) is 4.73. The summed E-state index contributed by atoms with van der Waals surface area (Å²) < 4.78 is 0. The van der Waals surface area contributed by atoms with Crippen molar-refractivity contribution in [2.24, 2.45) is 5.10 Å². The maximum absolute atomic E-state index is 6.41. The zero-order valence-electron chi connectivity index (χ0n) is 11.3. The lowest BCUT2D eigenvalue weighted by Gasteiger charge is -2.01. The highest BCUT2D eigenvalue weighted by atomic mass is 35.5. The molecule has 0 fully saturated rings. The van der Waals surface area contributed by atoms with Crippen molar-refractivity contribution in [2.75, 3.05) is 5.43 Å². The number of aromatic nitrogens is 1. The quantitative estimate of drug-likeness (QED) is 0.495. The van der Waals surface area contributed by atoms with Gasteiger partial charge in [0.2, 0.25) is 0 Å². The first kappa shape index (κ1) is 15.0. The summed E-state index contributed by atoms with van der Waals surface area (Å²) in [5.74, 6) is 0. The molecule has 22 heavy (non-hydrogen) atoms. The molecule has 1 N–H and O–H groups in total. The molecule has 0 bridgehead atoms. The summed E-state index contributed by atoms with van der Waals surface area (Å²) in [6, 6.07) is 13.2. The number of thiophene rings is 1. The molecule has 2 heterocycles. The van der Waals surface area contributed by atoms with Crippen LogP contribution in [0.15, 0.2) is 59.1 Å². The molecule has 0 spiro atoms. The Morgan fingerprint density at radius 2 is 1.91 bits per heavy atom. The molecule has 0 aliphatic carbocycles. The number of halogens is 2. The molecule has 0 amide bonds. The molecule has 1 aromatic carbocycles. The van der Waals surface area contributed by atoms with Crippen molar-refractivity contribution in [2.45, 2.75) is 0 Å². The number of pyridine rings is 1. The molecule has 3 rings (SSSR count). The van der Waals surface area contributed by atoms with Crippen LogP contribution in [0.4, 0.5) is 5.69 Å². The highest BCUT2D eigenvalue weighted by Crippen LogP contribution is 2.40. The lowest BCUT2D eigenvalue weighted by Crippen LogP contribution is -1.91. The third-order valence-corrected chi connectivity index (χ3v) is 4.69. The van der Waals surface area contributed by atoms with Gasteiger partial charge in [-0.1, -0.05) is 41.4 Å². The molecule has 6 heteroatoms. The van der Waals surface area contributed by atoms with Crippen molar-refractivity contribution in [1.82, 2.24) is 4.98 Å². The molecular formula is C16H11Cl2N3S. The van der Waals surface area contributed by atoms with E-state index < -0.39 is 0 Å². The smallest absolute Gasteiger partial charge is 0.0861 e. The van der Waals surface area contributed by atoms with Gasteiger partial charge < -0.3 is 0 Å². The van der Waals surface area contributed by atoms with Crippen molar-refractivity contribution >= 4 is 46.4 Å². The van der Waals surface area contributed by atoms with Gasteiger partial charge in [0.05, 0.1) is 27.5 Å². The van der Waals surface area contributed by atoms with Crippen LogP contribution in [0.5, 0.6) is 0 Å². The monoisotopic (exact) mass is 347 g/mol. The second-order valence-corrected chi connectivity index (χ2v) is 6.12. The fourth-order valence-corrected chi connectivity index (χ4v) is 3.26. The summed E-state index contributed by atoms with van der Waals surface area (Å²) in [5.41, 5.74) is 5.52. The molecule has 110 valence electrons. The lowest BCUT2D eigenvalue weighted by atomic mass is 10.2. The Bertz CT molecular complexity index is 783. The number of nitrogens with zero attached hydrogens (tertiary/aromatic N) is 2. The van der Waals surface area contributed by atoms with Crippen LogP contribution in [0.2, 0.25) is 10.0 Å². The Labute approximate surface area is 142 Å². The number of anilines is 1. The Hall–Kier alpha value is -1.88. The van der Waals surface area contributed by atoms with E-state index in [0.29, 0.717) is 10.0 Å². The average molecular weight is 348 g/mol. The van der Waals surface area contributed by atoms with E-state index in [2.05, 4.69) is 15.5 Å². The SMILES string of the molecule is Clc1ccc(-c2scc(N/N=C\c3ccccn3)c2Cl)cc1. The van der Waals surface area contributed by atoms with Gasteiger partial charge in [-0.2, -0.15) is 5.10 Å². The summed E-state index contributed by atoms with van der Waals surface area (Å²) in [6.07, 6.45) is 3.37. The summed E-state index contributed by atoms with van der Waals surface area (Å²) in [4.78, 5) is 5.14. The number of benzene rings is 1. The molecule has 2 aromatic heterocycles. The van der Waals surface area contributed by atoms with E-state index in [1.807, 2.05) is 47.8 Å². The van der Waals surface area contributed by atoms with Gasteiger partial charge in [0, 0.05) is 16.6 Å². The highest BCUT2D eigenvalue weighted by molar-refractivity contribution is 7.15. The molecular weight excluding hydrogens is 337 g/mol.